The summed E-state index contributed by atoms with van der Waals surface area (Å²) in [5, 5.41) is 0. The summed E-state index contributed by atoms with van der Waals surface area (Å²) in [5.41, 5.74) is 6.69. The summed E-state index contributed by atoms with van der Waals surface area (Å²) in [6.45, 7) is 4.48. The predicted octanol–water partition coefficient (Wildman–Crippen LogP) is 0.988. The Morgan fingerprint density at radius 2 is 2.26 bits per heavy atom. The predicted molar refractivity (Wildman–Crippen MR) is 76.5 cm³/mol. The molecule has 2 rings (SSSR count). The number of ether oxygens (including phenoxy) is 1. The highest BCUT2D eigenvalue weighted by atomic mass is 16.5. The molecule has 1 aliphatic heterocycles. The number of likely N-dealkylation sites (N-methyl/N-ethyl adjacent to an activating group) is 1. The minimum absolute atomic E-state index is 0.460. The lowest BCUT2D eigenvalue weighted by atomic mass is 10.2. The smallest absolute Gasteiger partial charge is 0.242 e. The molecular formula is C13H23N5O. The second-order valence-electron chi connectivity index (χ2n) is 5.10. The zero-order valence-electron chi connectivity index (χ0n) is 12.0. The molecule has 0 spiro atoms. The maximum atomic E-state index is 6.14. The van der Waals surface area contributed by atoms with Gasteiger partial charge in [0.2, 0.25) is 5.88 Å². The summed E-state index contributed by atoms with van der Waals surface area (Å²) in [7, 11) is 4.18. The van der Waals surface area contributed by atoms with Gasteiger partial charge in [-0.1, -0.05) is 0 Å². The molecule has 1 unspecified atom stereocenters. The minimum atomic E-state index is 0.460. The molecule has 0 radical (unpaired) electrons. The molecule has 0 saturated carbocycles. The number of nitrogens with two attached hydrogens (primary N) is 1. The van der Waals surface area contributed by atoms with Gasteiger partial charge in [-0.05, 0) is 33.9 Å². The van der Waals surface area contributed by atoms with E-state index in [9.17, 15) is 0 Å². The highest BCUT2D eigenvalue weighted by molar-refractivity contribution is 5.68. The third-order valence-electron chi connectivity index (χ3n) is 3.33. The average molecular weight is 265 g/mol. The SMILES string of the molecule is CCOc1ncnc(N2CCCC2CN(C)C)c1N. The van der Waals surface area contributed by atoms with E-state index in [2.05, 4.69) is 33.9 Å². The van der Waals surface area contributed by atoms with Crippen LogP contribution < -0.4 is 15.4 Å². The largest absolute Gasteiger partial charge is 0.476 e. The van der Waals surface area contributed by atoms with Gasteiger partial charge in [-0.2, -0.15) is 4.98 Å². The standard InChI is InChI=1S/C13H23N5O/c1-4-19-13-11(14)12(15-9-16-13)18-7-5-6-10(18)8-17(2)3/h9-10H,4-8,14H2,1-3H3. The van der Waals surface area contributed by atoms with Crippen LogP contribution in [0.5, 0.6) is 5.88 Å². The molecule has 19 heavy (non-hydrogen) atoms. The molecule has 6 heteroatoms. The van der Waals surface area contributed by atoms with Gasteiger partial charge in [0.05, 0.1) is 6.61 Å². The Bertz CT molecular complexity index is 423. The molecule has 1 fully saturated rings. The van der Waals surface area contributed by atoms with Crippen molar-refractivity contribution in [1.82, 2.24) is 14.9 Å². The first-order chi connectivity index (χ1) is 9.13. The van der Waals surface area contributed by atoms with E-state index in [4.69, 9.17) is 10.5 Å². The molecule has 6 nitrogen and oxygen atoms in total. The van der Waals surface area contributed by atoms with Crippen molar-refractivity contribution in [3.8, 4) is 5.88 Å². The lowest BCUT2D eigenvalue weighted by Gasteiger charge is -2.29. The van der Waals surface area contributed by atoms with Crippen molar-refractivity contribution < 1.29 is 4.74 Å². The molecule has 2 N–H and O–H groups in total. The van der Waals surface area contributed by atoms with Gasteiger partial charge in [-0.25, -0.2) is 4.98 Å². The number of nitrogens with zero attached hydrogens (tertiary/aromatic N) is 4. The molecule has 1 atom stereocenters. The minimum Gasteiger partial charge on any atom is -0.476 e. The summed E-state index contributed by atoms with van der Waals surface area (Å²) in [6, 6.07) is 0.460. The van der Waals surface area contributed by atoms with Gasteiger partial charge in [0.15, 0.2) is 5.82 Å². The van der Waals surface area contributed by atoms with Gasteiger partial charge in [0.1, 0.15) is 12.0 Å². The van der Waals surface area contributed by atoms with Gasteiger partial charge >= 0.3 is 0 Å². The fraction of sp³-hybridized carbons (Fsp3) is 0.692. The number of hydrogen-bond donors (Lipinski definition) is 1. The van der Waals surface area contributed by atoms with Crippen LogP contribution in [0.4, 0.5) is 11.5 Å². The first-order valence-electron chi connectivity index (χ1n) is 6.78. The summed E-state index contributed by atoms with van der Waals surface area (Å²) < 4.78 is 5.44. The molecule has 1 aliphatic rings. The Morgan fingerprint density at radius 1 is 1.47 bits per heavy atom. The van der Waals surface area contributed by atoms with Crippen molar-refractivity contribution in [2.45, 2.75) is 25.8 Å². The molecule has 1 saturated heterocycles. The quantitative estimate of drug-likeness (QED) is 0.856. The van der Waals surface area contributed by atoms with Crippen LogP contribution in [0.25, 0.3) is 0 Å². The zero-order chi connectivity index (χ0) is 13.8. The number of aromatic nitrogens is 2. The monoisotopic (exact) mass is 265 g/mol. The molecule has 106 valence electrons. The zero-order valence-corrected chi connectivity index (χ0v) is 12.0. The maximum absolute atomic E-state index is 6.14. The molecule has 0 aliphatic carbocycles. The number of anilines is 2. The average Bonchev–Trinajstić information content (AvgIpc) is 2.79. The lowest BCUT2D eigenvalue weighted by molar-refractivity contribution is 0.328. The van der Waals surface area contributed by atoms with E-state index in [1.54, 1.807) is 0 Å². The Labute approximate surface area is 114 Å². The van der Waals surface area contributed by atoms with Crippen molar-refractivity contribution in [1.29, 1.82) is 0 Å². The van der Waals surface area contributed by atoms with Crippen LogP contribution in [0.3, 0.4) is 0 Å². The van der Waals surface area contributed by atoms with Crippen LogP contribution in [0, 0.1) is 0 Å². The van der Waals surface area contributed by atoms with E-state index < -0.39 is 0 Å². The number of rotatable bonds is 5. The molecule has 0 bridgehead atoms. The van der Waals surface area contributed by atoms with Crippen molar-refractivity contribution in [3.63, 3.8) is 0 Å². The van der Waals surface area contributed by atoms with Gasteiger partial charge in [0, 0.05) is 19.1 Å². The molecule has 0 amide bonds. The van der Waals surface area contributed by atoms with Gasteiger partial charge in [-0.15, -0.1) is 0 Å². The van der Waals surface area contributed by atoms with E-state index in [0.717, 1.165) is 18.9 Å². The van der Waals surface area contributed by atoms with Crippen LogP contribution in [-0.2, 0) is 0 Å². The molecule has 1 aromatic rings. The Morgan fingerprint density at radius 3 is 2.95 bits per heavy atom. The van der Waals surface area contributed by atoms with Crippen LogP contribution in [0.2, 0.25) is 0 Å². The van der Waals surface area contributed by atoms with E-state index in [-0.39, 0.29) is 0 Å². The fourth-order valence-corrected chi connectivity index (χ4v) is 2.58. The highest BCUT2D eigenvalue weighted by Crippen LogP contribution is 2.32. The van der Waals surface area contributed by atoms with Gasteiger partial charge in [0.25, 0.3) is 0 Å². The summed E-state index contributed by atoms with van der Waals surface area (Å²) >= 11 is 0. The first-order valence-corrected chi connectivity index (χ1v) is 6.78. The van der Waals surface area contributed by atoms with E-state index in [1.807, 2.05) is 6.92 Å². The van der Waals surface area contributed by atoms with Crippen LogP contribution >= 0.6 is 0 Å². The Kier molecular flexibility index (Phi) is 4.42. The second-order valence-corrected chi connectivity index (χ2v) is 5.10. The lowest BCUT2D eigenvalue weighted by Crippen LogP contribution is -2.38. The van der Waals surface area contributed by atoms with Gasteiger partial charge in [-0.3, -0.25) is 0 Å². The molecule has 0 aromatic carbocycles. The van der Waals surface area contributed by atoms with Crippen molar-refractivity contribution in [2.75, 3.05) is 44.4 Å². The van der Waals surface area contributed by atoms with Gasteiger partial charge < -0.3 is 20.3 Å². The van der Waals surface area contributed by atoms with Crippen molar-refractivity contribution in [3.05, 3.63) is 6.33 Å². The fourth-order valence-electron chi connectivity index (χ4n) is 2.58. The third-order valence-corrected chi connectivity index (χ3v) is 3.33. The van der Waals surface area contributed by atoms with Crippen molar-refractivity contribution in [2.24, 2.45) is 0 Å². The van der Waals surface area contributed by atoms with Crippen LogP contribution in [0.1, 0.15) is 19.8 Å². The van der Waals surface area contributed by atoms with Crippen molar-refractivity contribution >= 4 is 11.5 Å². The molecule has 1 aromatic heterocycles. The first kappa shape index (κ1) is 13.9. The Balaban J connectivity index is 2.22. The summed E-state index contributed by atoms with van der Waals surface area (Å²) in [6.07, 6.45) is 3.87. The topological polar surface area (TPSA) is 67.5 Å². The summed E-state index contributed by atoms with van der Waals surface area (Å²) in [4.78, 5) is 12.9. The van der Waals surface area contributed by atoms with E-state index in [1.165, 1.54) is 19.2 Å². The number of nitrogen functional groups attached to an aromatic ring is 1. The van der Waals surface area contributed by atoms with Crippen LogP contribution in [-0.4, -0.2) is 54.7 Å². The second kappa shape index (κ2) is 6.06. The maximum Gasteiger partial charge on any atom is 0.242 e. The molecule has 2 heterocycles. The third kappa shape index (κ3) is 3.07. The Hall–Kier alpha value is -1.56. The summed E-state index contributed by atoms with van der Waals surface area (Å²) in [5.74, 6) is 1.30. The van der Waals surface area contributed by atoms with E-state index in [0.29, 0.717) is 24.2 Å². The normalized spacial score (nSPS) is 19.2. The highest BCUT2D eigenvalue weighted by Gasteiger charge is 2.28. The van der Waals surface area contributed by atoms with Crippen LogP contribution in [0.15, 0.2) is 6.33 Å². The van der Waals surface area contributed by atoms with E-state index >= 15 is 0 Å². The number of hydrogen-bond acceptors (Lipinski definition) is 6. The molecular weight excluding hydrogens is 242 g/mol.